The maximum Gasteiger partial charge on any atom is 0.231 e. The largest absolute Gasteiger partial charge is 0.495 e. The molecule has 0 bridgehead atoms. The molecule has 0 aromatic heterocycles. The normalized spacial score (nSPS) is 20.8. The molecule has 1 saturated heterocycles. The van der Waals surface area contributed by atoms with Crippen molar-refractivity contribution in [1.82, 2.24) is 9.80 Å². The number of alkyl halides is 3. The van der Waals surface area contributed by atoms with Crippen molar-refractivity contribution in [2.45, 2.75) is 36.0 Å². The van der Waals surface area contributed by atoms with Gasteiger partial charge in [-0.05, 0) is 54.8 Å². The maximum atomic E-state index is 6.82. The van der Waals surface area contributed by atoms with Crippen molar-refractivity contribution in [3.05, 3.63) is 46.5 Å². The van der Waals surface area contributed by atoms with Crippen LogP contribution in [0.4, 0.5) is 5.69 Å². The third-order valence-corrected chi connectivity index (χ3v) is 8.56. The molecule has 0 amide bonds. The lowest BCUT2D eigenvalue weighted by molar-refractivity contribution is 0.174. The summed E-state index contributed by atoms with van der Waals surface area (Å²) in [6.45, 7) is 8.20. The standard InChI is InChI=1S/C28H32Cl3N3O3/c1-3-4-8-32-10-12-33(13-11-32)26-22(35-2)6-5-19-14-21-20-16-24-23(36-17-37-24)15-18(20)7-9-34(21)27(25(19)26)28(29,30)31/h5-6,14-16,27H,3-4,7-13,17H2,1-2H3/t27-/m0/s1. The molecule has 0 N–H and O–H groups in total. The first-order valence-electron chi connectivity index (χ1n) is 13.0. The van der Waals surface area contributed by atoms with Crippen LogP contribution < -0.4 is 19.1 Å². The summed E-state index contributed by atoms with van der Waals surface area (Å²) in [4.78, 5) is 7.21. The monoisotopic (exact) mass is 563 g/mol. The van der Waals surface area contributed by atoms with Crippen molar-refractivity contribution in [3.63, 3.8) is 0 Å². The fraction of sp³-hybridized carbons (Fsp3) is 0.500. The van der Waals surface area contributed by atoms with E-state index in [9.17, 15) is 0 Å². The van der Waals surface area contributed by atoms with Crippen LogP contribution in [0.15, 0.2) is 24.3 Å². The predicted molar refractivity (Wildman–Crippen MR) is 150 cm³/mol. The van der Waals surface area contributed by atoms with Crippen molar-refractivity contribution in [3.8, 4) is 17.2 Å². The van der Waals surface area contributed by atoms with E-state index in [-0.39, 0.29) is 6.79 Å². The average molecular weight is 565 g/mol. The van der Waals surface area contributed by atoms with Gasteiger partial charge in [0.1, 0.15) is 11.8 Å². The van der Waals surface area contributed by atoms with Crippen LogP contribution in [0.3, 0.4) is 0 Å². The van der Waals surface area contributed by atoms with Gasteiger partial charge in [0.05, 0.1) is 12.8 Å². The van der Waals surface area contributed by atoms with Gasteiger partial charge in [-0.1, -0.05) is 54.2 Å². The lowest BCUT2D eigenvalue weighted by Gasteiger charge is -2.47. The van der Waals surface area contributed by atoms with Gasteiger partial charge >= 0.3 is 0 Å². The molecule has 0 spiro atoms. The second kappa shape index (κ2) is 9.96. The first kappa shape index (κ1) is 25.3. The number of nitrogens with zero attached hydrogens (tertiary/aromatic N) is 3. The Labute approximate surface area is 233 Å². The van der Waals surface area contributed by atoms with E-state index in [0.29, 0.717) is 0 Å². The Balaban J connectivity index is 1.46. The van der Waals surface area contributed by atoms with Gasteiger partial charge in [-0.2, -0.15) is 0 Å². The molecule has 4 aliphatic rings. The van der Waals surface area contributed by atoms with E-state index in [1.165, 1.54) is 18.4 Å². The summed E-state index contributed by atoms with van der Waals surface area (Å²) in [7, 11) is 1.72. The van der Waals surface area contributed by atoms with E-state index < -0.39 is 9.83 Å². The molecule has 0 unspecified atom stereocenters. The van der Waals surface area contributed by atoms with E-state index in [1.807, 2.05) is 6.07 Å². The van der Waals surface area contributed by atoms with E-state index in [2.05, 4.69) is 45.9 Å². The molecule has 9 heteroatoms. The number of benzene rings is 2. The molecular formula is C28H32Cl3N3O3. The number of fused-ring (bicyclic) bond motifs is 5. The van der Waals surface area contributed by atoms with Crippen LogP contribution in [0.5, 0.6) is 17.2 Å². The Kier molecular flexibility index (Phi) is 6.81. The third-order valence-electron chi connectivity index (χ3n) is 7.94. The smallest absolute Gasteiger partial charge is 0.231 e. The van der Waals surface area contributed by atoms with Crippen LogP contribution in [-0.2, 0) is 6.42 Å². The fourth-order valence-corrected chi connectivity index (χ4v) is 6.78. The maximum absolute atomic E-state index is 6.82. The molecule has 4 aliphatic heterocycles. The lowest BCUT2D eigenvalue weighted by Crippen LogP contribution is -2.48. The van der Waals surface area contributed by atoms with E-state index in [0.717, 1.165) is 91.0 Å². The molecule has 198 valence electrons. The number of ether oxygens (including phenoxy) is 3. The van der Waals surface area contributed by atoms with Crippen molar-refractivity contribution in [2.75, 3.05) is 58.1 Å². The van der Waals surface area contributed by atoms with Crippen LogP contribution in [0.25, 0.3) is 11.8 Å². The topological polar surface area (TPSA) is 37.4 Å². The molecule has 2 aromatic carbocycles. The van der Waals surface area contributed by atoms with Crippen molar-refractivity contribution >= 4 is 52.3 Å². The van der Waals surface area contributed by atoms with Gasteiger partial charge in [-0.15, -0.1) is 0 Å². The number of rotatable bonds is 5. The molecule has 6 nitrogen and oxygen atoms in total. The van der Waals surface area contributed by atoms with Gasteiger partial charge in [-0.25, -0.2) is 0 Å². The molecule has 0 radical (unpaired) electrons. The van der Waals surface area contributed by atoms with Gasteiger partial charge in [0.2, 0.25) is 10.6 Å². The molecule has 0 saturated carbocycles. The number of hydrogen-bond donors (Lipinski definition) is 0. The minimum atomic E-state index is -1.55. The first-order valence-corrected chi connectivity index (χ1v) is 14.2. The second-order valence-corrected chi connectivity index (χ2v) is 12.5. The minimum Gasteiger partial charge on any atom is -0.495 e. The second-order valence-electron chi connectivity index (χ2n) is 10.1. The molecule has 1 atom stereocenters. The highest BCUT2D eigenvalue weighted by atomic mass is 35.6. The zero-order chi connectivity index (χ0) is 25.7. The summed E-state index contributed by atoms with van der Waals surface area (Å²) >= 11 is 20.5. The summed E-state index contributed by atoms with van der Waals surface area (Å²) in [6, 6.07) is 7.82. The van der Waals surface area contributed by atoms with Crippen LogP contribution >= 0.6 is 34.8 Å². The quantitative estimate of drug-likeness (QED) is 0.407. The van der Waals surface area contributed by atoms with Crippen molar-refractivity contribution < 1.29 is 14.2 Å². The zero-order valence-corrected chi connectivity index (χ0v) is 23.5. The van der Waals surface area contributed by atoms with Crippen LogP contribution in [0.1, 0.15) is 48.1 Å². The number of piperazine rings is 1. The fourth-order valence-electron chi connectivity index (χ4n) is 6.10. The third kappa shape index (κ3) is 4.50. The van der Waals surface area contributed by atoms with Crippen molar-refractivity contribution in [1.29, 1.82) is 0 Å². The van der Waals surface area contributed by atoms with Crippen LogP contribution in [0.2, 0.25) is 0 Å². The number of anilines is 1. The highest BCUT2D eigenvalue weighted by Crippen LogP contribution is 2.56. The Bertz CT molecular complexity index is 1220. The summed E-state index contributed by atoms with van der Waals surface area (Å²) in [5.41, 5.74) is 6.48. The SMILES string of the molecule is CCCCN1CCN(c2c(OC)ccc3c2[C@@H](C(Cl)(Cl)Cl)N2CCc4cc5c(cc4C2=C3)OCO5)CC1. The van der Waals surface area contributed by atoms with Gasteiger partial charge in [-0.3, -0.25) is 4.90 Å². The Morgan fingerprint density at radius 2 is 1.78 bits per heavy atom. The summed E-state index contributed by atoms with van der Waals surface area (Å²) < 4.78 is 15.7. The Morgan fingerprint density at radius 1 is 1.03 bits per heavy atom. The molecule has 2 aromatic rings. The summed E-state index contributed by atoms with van der Waals surface area (Å²) in [5, 5.41) is 0. The Morgan fingerprint density at radius 3 is 2.49 bits per heavy atom. The molecule has 37 heavy (non-hydrogen) atoms. The number of hydrogen-bond acceptors (Lipinski definition) is 6. The van der Waals surface area contributed by atoms with Gasteiger partial charge in [0, 0.05) is 49.5 Å². The minimum absolute atomic E-state index is 0.245. The van der Waals surface area contributed by atoms with Crippen LogP contribution in [-0.4, -0.2) is 66.8 Å². The molecule has 4 heterocycles. The number of halogens is 3. The lowest BCUT2D eigenvalue weighted by atomic mass is 9.85. The molecule has 0 aliphatic carbocycles. The zero-order valence-electron chi connectivity index (χ0n) is 21.2. The summed E-state index contributed by atoms with van der Waals surface area (Å²) in [5.74, 6) is 2.37. The Hall–Kier alpha value is -1.99. The van der Waals surface area contributed by atoms with E-state index >= 15 is 0 Å². The highest BCUT2D eigenvalue weighted by Gasteiger charge is 2.46. The van der Waals surface area contributed by atoms with Gasteiger partial charge in [0.15, 0.2) is 11.5 Å². The van der Waals surface area contributed by atoms with Gasteiger partial charge in [0.25, 0.3) is 0 Å². The van der Waals surface area contributed by atoms with E-state index in [4.69, 9.17) is 49.0 Å². The molecular weight excluding hydrogens is 533 g/mol. The average Bonchev–Trinajstić information content (AvgIpc) is 3.36. The predicted octanol–water partition coefficient (Wildman–Crippen LogP) is 6.13. The highest BCUT2D eigenvalue weighted by molar-refractivity contribution is 6.68. The van der Waals surface area contributed by atoms with Crippen LogP contribution in [0, 0.1) is 0 Å². The van der Waals surface area contributed by atoms with E-state index in [1.54, 1.807) is 7.11 Å². The molecule has 6 rings (SSSR count). The van der Waals surface area contributed by atoms with Crippen molar-refractivity contribution in [2.24, 2.45) is 0 Å². The number of unbranched alkanes of at least 4 members (excludes halogenated alkanes) is 1. The molecule has 1 fully saturated rings. The van der Waals surface area contributed by atoms with Gasteiger partial charge < -0.3 is 24.0 Å². The number of methoxy groups -OCH3 is 1. The summed E-state index contributed by atoms with van der Waals surface area (Å²) in [6.07, 6.45) is 5.48. The first-order chi connectivity index (χ1) is 17.9.